The van der Waals surface area contributed by atoms with E-state index in [1.807, 2.05) is 0 Å². The van der Waals surface area contributed by atoms with Crippen molar-refractivity contribution < 1.29 is 19.7 Å². The molecule has 0 heterocycles. The van der Waals surface area contributed by atoms with E-state index in [-0.39, 0.29) is 12.4 Å². The van der Waals surface area contributed by atoms with Crippen molar-refractivity contribution in [3.63, 3.8) is 0 Å². The van der Waals surface area contributed by atoms with E-state index < -0.39 is 11.4 Å². The zero-order valence-corrected chi connectivity index (χ0v) is 8.85. The summed E-state index contributed by atoms with van der Waals surface area (Å²) in [5, 5.41) is 18.2. The molecule has 1 aromatic carbocycles. The Morgan fingerprint density at radius 3 is 2.38 bits per heavy atom. The zero-order valence-electron chi connectivity index (χ0n) is 8.85. The maximum Gasteiger partial charge on any atom is 0.313 e. The van der Waals surface area contributed by atoms with Gasteiger partial charge in [-0.1, -0.05) is 6.42 Å². The van der Waals surface area contributed by atoms with Gasteiger partial charge in [-0.3, -0.25) is 4.79 Å². The first-order chi connectivity index (χ1) is 7.62. The maximum absolute atomic E-state index is 11.1. The lowest BCUT2D eigenvalue weighted by Gasteiger charge is -2.37. The third-order valence-corrected chi connectivity index (χ3v) is 3.12. The molecule has 1 saturated carbocycles. The second-order valence-electron chi connectivity index (χ2n) is 4.22. The minimum atomic E-state index is -0.780. The number of hydrogen-bond acceptors (Lipinski definition) is 3. The summed E-state index contributed by atoms with van der Waals surface area (Å²) in [6.45, 7) is 0.201. The van der Waals surface area contributed by atoms with E-state index in [1.165, 1.54) is 12.1 Å². The fourth-order valence-electron chi connectivity index (χ4n) is 1.79. The highest BCUT2D eigenvalue weighted by atomic mass is 16.5. The molecule has 16 heavy (non-hydrogen) atoms. The molecule has 1 aliphatic rings. The summed E-state index contributed by atoms with van der Waals surface area (Å²) < 4.78 is 5.44. The van der Waals surface area contributed by atoms with Gasteiger partial charge in [0.1, 0.15) is 23.5 Å². The van der Waals surface area contributed by atoms with Crippen LogP contribution in [0.15, 0.2) is 24.3 Å². The van der Waals surface area contributed by atoms with Crippen molar-refractivity contribution in [2.24, 2.45) is 5.41 Å². The summed E-state index contributed by atoms with van der Waals surface area (Å²) in [5.74, 6) is -0.0215. The standard InChI is InChI=1S/C12H14O4/c13-9-2-4-10(5-3-9)16-8-12(11(14)15)6-1-7-12/h2-5,13H,1,6-8H2,(H,14,15). The SMILES string of the molecule is O=C(O)C1(COc2ccc(O)cc2)CCC1. The van der Waals surface area contributed by atoms with E-state index in [0.29, 0.717) is 18.6 Å². The monoisotopic (exact) mass is 222 g/mol. The predicted molar refractivity (Wildman–Crippen MR) is 57.5 cm³/mol. The lowest BCUT2D eigenvalue weighted by molar-refractivity contribution is -0.157. The van der Waals surface area contributed by atoms with Gasteiger partial charge in [0.25, 0.3) is 0 Å². The Kier molecular flexibility index (Phi) is 2.73. The van der Waals surface area contributed by atoms with Crippen molar-refractivity contribution in [3.8, 4) is 11.5 Å². The molecule has 2 rings (SSSR count). The zero-order chi connectivity index (χ0) is 11.6. The summed E-state index contributed by atoms with van der Waals surface area (Å²) in [4.78, 5) is 11.1. The molecular formula is C12H14O4. The van der Waals surface area contributed by atoms with Gasteiger partial charge < -0.3 is 14.9 Å². The van der Waals surface area contributed by atoms with E-state index in [4.69, 9.17) is 14.9 Å². The van der Waals surface area contributed by atoms with Crippen molar-refractivity contribution in [3.05, 3.63) is 24.3 Å². The number of carbonyl (C=O) groups is 1. The van der Waals surface area contributed by atoms with Gasteiger partial charge in [-0.15, -0.1) is 0 Å². The van der Waals surface area contributed by atoms with E-state index in [9.17, 15) is 4.79 Å². The van der Waals surface area contributed by atoms with E-state index in [2.05, 4.69) is 0 Å². The van der Waals surface area contributed by atoms with E-state index in [0.717, 1.165) is 6.42 Å². The van der Waals surface area contributed by atoms with E-state index >= 15 is 0 Å². The first-order valence-electron chi connectivity index (χ1n) is 5.28. The Balaban J connectivity index is 1.96. The normalized spacial score (nSPS) is 17.5. The van der Waals surface area contributed by atoms with Crippen LogP contribution in [0.2, 0.25) is 0 Å². The van der Waals surface area contributed by atoms with Crippen molar-refractivity contribution in [2.45, 2.75) is 19.3 Å². The molecule has 2 N–H and O–H groups in total. The lowest BCUT2D eigenvalue weighted by Crippen LogP contribution is -2.43. The second kappa shape index (κ2) is 4.04. The second-order valence-corrected chi connectivity index (χ2v) is 4.22. The maximum atomic E-state index is 11.1. The molecule has 86 valence electrons. The van der Waals surface area contributed by atoms with Gasteiger partial charge in [0.05, 0.1) is 0 Å². The number of hydrogen-bond donors (Lipinski definition) is 2. The van der Waals surface area contributed by atoms with Gasteiger partial charge in [0.15, 0.2) is 0 Å². The molecule has 0 saturated heterocycles. The van der Waals surface area contributed by atoms with Crippen LogP contribution < -0.4 is 4.74 Å². The molecule has 0 atom stereocenters. The average Bonchev–Trinajstić information content (AvgIpc) is 2.18. The van der Waals surface area contributed by atoms with Gasteiger partial charge in [0.2, 0.25) is 0 Å². The Labute approximate surface area is 93.5 Å². The van der Waals surface area contributed by atoms with Crippen LogP contribution in [0.25, 0.3) is 0 Å². The van der Waals surface area contributed by atoms with Crippen molar-refractivity contribution in [1.29, 1.82) is 0 Å². The smallest absolute Gasteiger partial charge is 0.313 e. The van der Waals surface area contributed by atoms with Crippen LogP contribution in [0, 0.1) is 5.41 Å². The summed E-state index contributed by atoms with van der Waals surface area (Å²) in [6, 6.07) is 6.29. The van der Waals surface area contributed by atoms with Crippen molar-refractivity contribution in [1.82, 2.24) is 0 Å². The fraction of sp³-hybridized carbons (Fsp3) is 0.417. The highest BCUT2D eigenvalue weighted by Crippen LogP contribution is 2.41. The van der Waals surface area contributed by atoms with Gasteiger partial charge >= 0.3 is 5.97 Å². The molecule has 0 bridgehead atoms. The molecule has 1 aliphatic carbocycles. The minimum absolute atomic E-state index is 0.170. The molecule has 0 radical (unpaired) electrons. The Morgan fingerprint density at radius 2 is 1.94 bits per heavy atom. The highest BCUT2D eigenvalue weighted by molar-refractivity contribution is 5.75. The van der Waals surface area contributed by atoms with Gasteiger partial charge in [-0.25, -0.2) is 0 Å². The summed E-state index contributed by atoms with van der Waals surface area (Å²) in [6.07, 6.45) is 2.31. The number of aromatic hydroxyl groups is 1. The van der Waals surface area contributed by atoms with Gasteiger partial charge in [-0.05, 0) is 37.1 Å². The van der Waals surface area contributed by atoms with Gasteiger partial charge in [0, 0.05) is 0 Å². The molecule has 0 spiro atoms. The number of ether oxygens (including phenoxy) is 1. The average molecular weight is 222 g/mol. The molecule has 4 heteroatoms. The summed E-state index contributed by atoms with van der Waals surface area (Å²) >= 11 is 0. The van der Waals surface area contributed by atoms with Crippen molar-refractivity contribution >= 4 is 5.97 Å². The van der Waals surface area contributed by atoms with Crippen LogP contribution in [-0.4, -0.2) is 22.8 Å². The number of benzene rings is 1. The Bertz CT molecular complexity index is 379. The number of rotatable bonds is 4. The number of phenolic OH excluding ortho intramolecular Hbond substituents is 1. The molecule has 0 amide bonds. The van der Waals surface area contributed by atoms with Crippen LogP contribution >= 0.6 is 0 Å². The molecule has 1 fully saturated rings. The molecule has 0 unspecified atom stereocenters. The molecule has 0 aliphatic heterocycles. The minimum Gasteiger partial charge on any atom is -0.508 e. The Hall–Kier alpha value is -1.71. The molecule has 0 aromatic heterocycles. The molecule has 1 aromatic rings. The van der Waals surface area contributed by atoms with Crippen molar-refractivity contribution in [2.75, 3.05) is 6.61 Å². The number of carboxylic acid groups (broad SMARTS) is 1. The predicted octanol–water partition coefficient (Wildman–Crippen LogP) is 2.03. The first kappa shape index (κ1) is 10.8. The Morgan fingerprint density at radius 1 is 1.31 bits per heavy atom. The van der Waals surface area contributed by atoms with Crippen LogP contribution in [0.1, 0.15) is 19.3 Å². The van der Waals surface area contributed by atoms with E-state index in [1.54, 1.807) is 12.1 Å². The molecule has 4 nitrogen and oxygen atoms in total. The third-order valence-electron chi connectivity index (χ3n) is 3.12. The summed E-state index contributed by atoms with van der Waals surface area (Å²) in [7, 11) is 0. The van der Waals surface area contributed by atoms with Crippen LogP contribution in [-0.2, 0) is 4.79 Å². The number of phenols is 1. The third kappa shape index (κ3) is 1.96. The number of aliphatic carboxylic acids is 1. The molecular weight excluding hydrogens is 208 g/mol. The summed E-state index contributed by atoms with van der Waals surface area (Å²) in [5.41, 5.74) is -0.697. The fourth-order valence-corrected chi connectivity index (χ4v) is 1.79. The topological polar surface area (TPSA) is 66.8 Å². The lowest BCUT2D eigenvalue weighted by atomic mass is 9.69. The van der Waals surface area contributed by atoms with Gasteiger partial charge in [-0.2, -0.15) is 0 Å². The first-order valence-corrected chi connectivity index (χ1v) is 5.28. The number of carboxylic acids is 1. The van der Waals surface area contributed by atoms with Crippen LogP contribution in [0.5, 0.6) is 11.5 Å². The largest absolute Gasteiger partial charge is 0.508 e. The van der Waals surface area contributed by atoms with Crippen LogP contribution in [0.4, 0.5) is 0 Å². The van der Waals surface area contributed by atoms with Crippen LogP contribution in [0.3, 0.4) is 0 Å². The quantitative estimate of drug-likeness (QED) is 0.817. The highest BCUT2D eigenvalue weighted by Gasteiger charge is 2.45.